The normalized spacial score (nSPS) is 23.1. The molecule has 1 aromatic rings. The van der Waals surface area contributed by atoms with Gasteiger partial charge in [-0.2, -0.15) is 0 Å². The van der Waals surface area contributed by atoms with E-state index in [1.807, 2.05) is 12.1 Å². The first kappa shape index (κ1) is 16.3. The van der Waals surface area contributed by atoms with Gasteiger partial charge in [-0.1, -0.05) is 35.8 Å². The maximum absolute atomic E-state index is 6.16. The lowest BCUT2D eigenvalue weighted by molar-refractivity contribution is 0.0957. The summed E-state index contributed by atoms with van der Waals surface area (Å²) >= 11 is 0. The van der Waals surface area contributed by atoms with Crippen molar-refractivity contribution in [2.45, 2.75) is 32.2 Å². The molecule has 2 fully saturated rings. The zero-order valence-corrected chi connectivity index (χ0v) is 13.7. The van der Waals surface area contributed by atoms with Crippen molar-refractivity contribution in [3.8, 4) is 0 Å². The predicted octanol–water partition coefficient (Wildman–Crippen LogP) is 2.35. The number of amidine groups is 1. The van der Waals surface area contributed by atoms with Gasteiger partial charge in [0, 0.05) is 24.6 Å². The van der Waals surface area contributed by atoms with Crippen molar-refractivity contribution in [3.05, 3.63) is 35.4 Å². The van der Waals surface area contributed by atoms with E-state index in [4.69, 9.17) is 15.3 Å². The van der Waals surface area contributed by atoms with Crippen LogP contribution in [0.3, 0.4) is 0 Å². The Hall–Kier alpha value is -1.59. The Kier molecular flexibility index (Phi) is 5.88. The molecule has 0 spiro atoms. The van der Waals surface area contributed by atoms with Crippen LogP contribution in [0.15, 0.2) is 29.4 Å². The summed E-state index contributed by atoms with van der Waals surface area (Å²) in [6.45, 7) is 5.44. The molecule has 2 aliphatic rings. The smallest absolute Gasteiger partial charge is 0.170 e. The highest BCUT2D eigenvalue weighted by molar-refractivity contribution is 5.98. The van der Waals surface area contributed by atoms with Crippen LogP contribution >= 0.6 is 0 Å². The average molecular weight is 317 g/mol. The van der Waals surface area contributed by atoms with Crippen LogP contribution in [0.2, 0.25) is 0 Å². The third kappa shape index (κ3) is 4.69. The summed E-state index contributed by atoms with van der Waals surface area (Å²) in [5.41, 5.74) is 8.37. The molecule has 2 heterocycles. The van der Waals surface area contributed by atoms with Gasteiger partial charge in [0.25, 0.3) is 0 Å². The molecular weight excluding hydrogens is 290 g/mol. The summed E-state index contributed by atoms with van der Waals surface area (Å²) in [4.78, 5) is 7.94. The van der Waals surface area contributed by atoms with Crippen LogP contribution < -0.4 is 5.73 Å². The average Bonchev–Trinajstić information content (AvgIpc) is 3.09. The van der Waals surface area contributed by atoms with Gasteiger partial charge in [-0.25, -0.2) is 0 Å². The molecule has 0 saturated carbocycles. The lowest BCUT2D eigenvalue weighted by atomic mass is 10.0. The van der Waals surface area contributed by atoms with E-state index in [1.54, 1.807) is 0 Å². The van der Waals surface area contributed by atoms with E-state index in [-0.39, 0.29) is 0 Å². The SMILES string of the molecule is N/C(=N\OC[C@H]1CCOC1)c1ccccc1CN1CCCCC1. The highest BCUT2D eigenvalue weighted by Gasteiger charge is 2.17. The molecule has 2 N–H and O–H groups in total. The molecule has 0 unspecified atom stereocenters. The largest absolute Gasteiger partial charge is 0.394 e. The molecule has 23 heavy (non-hydrogen) atoms. The van der Waals surface area contributed by atoms with E-state index < -0.39 is 0 Å². The molecule has 126 valence electrons. The molecule has 1 aromatic carbocycles. The van der Waals surface area contributed by atoms with Crippen LogP contribution in [-0.2, 0) is 16.1 Å². The number of hydrogen-bond donors (Lipinski definition) is 1. The fourth-order valence-electron chi connectivity index (χ4n) is 3.24. The summed E-state index contributed by atoms with van der Waals surface area (Å²) in [5, 5.41) is 4.13. The highest BCUT2D eigenvalue weighted by Crippen LogP contribution is 2.17. The maximum Gasteiger partial charge on any atom is 0.170 e. The maximum atomic E-state index is 6.16. The minimum absolute atomic E-state index is 0.440. The predicted molar refractivity (Wildman–Crippen MR) is 91.2 cm³/mol. The van der Waals surface area contributed by atoms with Gasteiger partial charge in [-0.3, -0.25) is 4.90 Å². The minimum Gasteiger partial charge on any atom is -0.394 e. The van der Waals surface area contributed by atoms with Crippen molar-refractivity contribution in [2.75, 3.05) is 32.9 Å². The second kappa shape index (κ2) is 8.31. The molecule has 5 heteroatoms. The number of nitrogens with zero attached hydrogens (tertiary/aromatic N) is 2. The Morgan fingerprint density at radius 1 is 1.26 bits per heavy atom. The van der Waals surface area contributed by atoms with E-state index in [1.165, 1.54) is 37.9 Å². The number of likely N-dealkylation sites (tertiary alicyclic amines) is 1. The van der Waals surface area contributed by atoms with Crippen LogP contribution in [0.1, 0.15) is 36.8 Å². The van der Waals surface area contributed by atoms with Crippen LogP contribution in [0.25, 0.3) is 0 Å². The molecular formula is C18H27N3O2. The Morgan fingerprint density at radius 2 is 2.09 bits per heavy atom. The monoisotopic (exact) mass is 317 g/mol. The second-order valence-electron chi connectivity index (χ2n) is 6.50. The molecule has 1 atom stereocenters. The van der Waals surface area contributed by atoms with Crippen molar-refractivity contribution in [3.63, 3.8) is 0 Å². The molecule has 5 nitrogen and oxygen atoms in total. The van der Waals surface area contributed by atoms with Crippen LogP contribution in [0.5, 0.6) is 0 Å². The fraction of sp³-hybridized carbons (Fsp3) is 0.611. The summed E-state index contributed by atoms with van der Waals surface area (Å²) in [6.07, 6.45) is 4.97. The summed E-state index contributed by atoms with van der Waals surface area (Å²) < 4.78 is 5.34. The van der Waals surface area contributed by atoms with Crippen LogP contribution in [0.4, 0.5) is 0 Å². The first-order chi connectivity index (χ1) is 11.3. The Morgan fingerprint density at radius 3 is 2.87 bits per heavy atom. The van der Waals surface area contributed by atoms with E-state index in [9.17, 15) is 0 Å². The van der Waals surface area contributed by atoms with Crippen molar-refractivity contribution >= 4 is 5.84 Å². The second-order valence-corrected chi connectivity index (χ2v) is 6.50. The number of benzene rings is 1. The van der Waals surface area contributed by atoms with Crippen LogP contribution in [0, 0.1) is 5.92 Å². The van der Waals surface area contributed by atoms with E-state index >= 15 is 0 Å². The Labute approximate surface area is 138 Å². The number of oxime groups is 1. The van der Waals surface area contributed by atoms with E-state index in [0.717, 1.165) is 31.7 Å². The molecule has 0 bridgehead atoms. The van der Waals surface area contributed by atoms with Gasteiger partial charge in [0.05, 0.1) is 6.61 Å². The van der Waals surface area contributed by atoms with Crippen molar-refractivity contribution in [2.24, 2.45) is 16.8 Å². The highest BCUT2D eigenvalue weighted by atomic mass is 16.6. The van der Waals surface area contributed by atoms with Crippen molar-refractivity contribution in [1.82, 2.24) is 4.90 Å². The van der Waals surface area contributed by atoms with Crippen molar-refractivity contribution < 1.29 is 9.57 Å². The molecule has 0 aromatic heterocycles. The van der Waals surface area contributed by atoms with Crippen molar-refractivity contribution in [1.29, 1.82) is 0 Å². The number of hydrogen-bond acceptors (Lipinski definition) is 4. The van der Waals surface area contributed by atoms with E-state index in [0.29, 0.717) is 18.4 Å². The van der Waals surface area contributed by atoms with Gasteiger partial charge in [-0.15, -0.1) is 0 Å². The lowest BCUT2D eigenvalue weighted by Gasteiger charge is -2.27. The number of rotatable bonds is 6. The van der Waals surface area contributed by atoms with Gasteiger partial charge in [0.15, 0.2) is 5.84 Å². The first-order valence-corrected chi connectivity index (χ1v) is 8.67. The topological polar surface area (TPSA) is 60.1 Å². The zero-order chi connectivity index (χ0) is 15.9. The molecule has 0 amide bonds. The van der Waals surface area contributed by atoms with Crippen LogP contribution in [-0.4, -0.2) is 43.6 Å². The molecule has 3 rings (SSSR count). The standard InChI is InChI=1S/C18H27N3O2/c19-18(20-23-14-15-8-11-22-13-15)17-7-3-2-6-16(17)12-21-9-4-1-5-10-21/h2-3,6-7,15H,1,4-5,8-14H2,(H2,19,20)/t15-/m0/s1. The summed E-state index contributed by atoms with van der Waals surface area (Å²) in [7, 11) is 0. The summed E-state index contributed by atoms with van der Waals surface area (Å²) in [5.74, 6) is 0.909. The number of piperidine rings is 1. The molecule has 2 aliphatic heterocycles. The molecule has 0 radical (unpaired) electrons. The molecule has 2 saturated heterocycles. The fourth-order valence-corrected chi connectivity index (χ4v) is 3.24. The third-order valence-electron chi connectivity index (χ3n) is 4.63. The Balaban J connectivity index is 1.60. The quantitative estimate of drug-likeness (QED) is 0.497. The number of ether oxygens (including phenoxy) is 1. The third-order valence-corrected chi connectivity index (χ3v) is 4.63. The van der Waals surface area contributed by atoms with Gasteiger partial charge in [0.2, 0.25) is 0 Å². The zero-order valence-electron chi connectivity index (χ0n) is 13.7. The Bertz CT molecular complexity index is 521. The van der Waals surface area contributed by atoms with Gasteiger partial charge < -0.3 is 15.3 Å². The van der Waals surface area contributed by atoms with Gasteiger partial charge >= 0.3 is 0 Å². The minimum atomic E-state index is 0.440. The molecule has 0 aliphatic carbocycles. The van der Waals surface area contributed by atoms with Gasteiger partial charge in [0.1, 0.15) is 6.61 Å². The lowest BCUT2D eigenvalue weighted by Crippen LogP contribution is -2.30. The van der Waals surface area contributed by atoms with Gasteiger partial charge in [-0.05, 0) is 37.9 Å². The summed E-state index contributed by atoms with van der Waals surface area (Å²) in [6, 6.07) is 8.23. The number of nitrogens with two attached hydrogens (primary N) is 1. The first-order valence-electron chi connectivity index (χ1n) is 8.67. The van der Waals surface area contributed by atoms with E-state index in [2.05, 4.69) is 22.2 Å².